The van der Waals surface area contributed by atoms with E-state index in [0.29, 0.717) is 13.0 Å². The van der Waals surface area contributed by atoms with Gasteiger partial charge in [-0.15, -0.1) is 0 Å². The minimum Gasteiger partial charge on any atom is -0.355 e. The molecule has 21 heavy (non-hydrogen) atoms. The molecule has 1 amide bonds. The van der Waals surface area contributed by atoms with Crippen molar-refractivity contribution in [1.29, 1.82) is 0 Å². The predicted octanol–water partition coefficient (Wildman–Crippen LogP) is 4.05. The summed E-state index contributed by atoms with van der Waals surface area (Å²) < 4.78 is 13.9. The summed E-state index contributed by atoms with van der Waals surface area (Å²) in [7, 11) is 0. The van der Waals surface area contributed by atoms with Gasteiger partial charge in [0.25, 0.3) is 0 Å². The van der Waals surface area contributed by atoms with Crippen molar-refractivity contribution in [2.75, 3.05) is 6.54 Å². The molecule has 1 atom stereocenters. The Morgan fingerprint density at radius 1 is 1.14 bits per heavy atom. The van der Waals surface area contributed by atoms with E-state index in [0.717, 1.165) is 15.6 Å². The zero-order valence-corrected chi connectivity index (χ0v) is 13.4. The molecule has 0 spiro atoms. The molecule has 2 aromatic carbocycles. The fourth-order valence-corrected chi connectivity index (χ4v) is 2.29. The second kappa shape index (κ2) is 7.36. The van der Waals surface area contributed by atoms with E-state index in [-0.39, 0.29) is 17.6 Å². The van der Waals surface area contributed by atoms with Gasteiger partial charge in [0.15, 0.2) is 0 Å². The molecule has 0 radical (unpaired) electrons. The Kier molecular flexibility index (Phi) is 5.51. The van der Waals surface area contributed by atoms with Crippen molar-refractivity contribution in [3.8, 4) is 0 Å². The summed E-state index contributed by atoms with van der Waals surface area (Å²) in [5.74, 6) is -0.101. The summed E-state index contributed by atoms with van der Waals surface area (Å²) in [5.41, 5.74) is 1.99. The smallest absolute Gasteiger partial charge is 0.224 e. The highest BCUT2D eigenvalue weighted by atomic mass is 79.9. The van der Waals surface area contributed by atoms with Crippen LogP contribution in [0.2, 0.25) is 0 Å². The number of halogens is 2. The number of carbonyl (C=O) groups excluding carboxylic acids is 1. The van der Waals surface area contributed by atoms with Crippen LogP contribution < -0.4 is 5.32 Å². The maximum absolute atomic E-state index is 12.9. The van der Waals surface area contributed by atoms with Crippen molar-refractivity contribution >= 4 is 21.8 Å². The van der Waals surface area contributed by atoms with E-state index < -0.39 is 0 Å². The summed E-state index contributed by atoms with van der Waals surface area (Å²) in [6.45, 7) is 2.55. The van der Waals surface area contributed by atoms with E-state index in [2.05, 4.69) is 21.2 Å². The fourth-order valence-electron chi connectivity index (χ4n) is 2.03. The normalized spacial score (nSPS) is 12.0. The van der Waals surface area contributed by atoms with Crippen molar-refractivity contribution in [3.05, 3.63) is 69.9 Å². The molecule has 110 valence electrons. The molecule has 2 aromatic rings. The summed E-state index contributed by atoms with van der Waals surface area (Å²) in [6, 6.07) is 14.1. The third-order valence-corrected chi connectivity index (χ3v) is 3.85. The van der Waals surface area contributed by atoms with Gasteiger partial charge in [0.1, 0.15) is 5.82 Å². The summed E-state index contributed by atoms with van der Waals surface area (Å²) in [5, 5.41) is 2.91. The van der Waals surface area contributed by atoms with Crippen LogP contribution in [0, 0.1) is 5.82 Å². The van der Waals surface area contributed by atoms with Gasteiger partial charge in [-0.3, -0.25) is 4.79 Å². The second-order valence-electron chi connectivity index (χ2n) is 5.06. The van der Waals surface area contributed by atoms with Crippen LogP contribution in [0.4, 0.5) is 4.39 Å². The number of carbonyl (C=O) groups is 1. The zero-order chi connectivity index (χ0) is 15.2. The topological polar surface area (TPSA) is 29.1 Å². The highest BCUT2D eigenvalue weighted by Crippen LogP contribution is 2.15. The Balaban J connectivity index is 1.83. The molecule has 0 fully saturated rings. The minimum atomic E-state index is -0.245. The third kappa shape index (κ3) is 4.97. The van der Waals surface area contributed by atoms with Crippen LogP contribution >= 0.6 is 15.9 Å². The van der Waals surface area contributed by atoms with Crippen molar-refractivity contribution in [2.24, 2.45) is 0 Å². The number of amides is 1. The van der Waals surface area contributed by atoms with Crippen LogP contribution in [0.3, 0.4) is 0 Å². The molecule has 2 nitrogen and oxygen atoms in total. The van der Waals surface area contributed by atoms with Crippen LogP contribution in [0.25, 0.3) is 0 Å². The number of benzene rings is 2. The van der Waals surface area contributed by atoms with Crippen LogP contribution in [0.1, 0.15) is 24.0 Å². The second-order valence-corrected chi connectivity index (χ2v) is 5.98. The number of rotatable bonds is 5. The van der Waals surface area contributed by atoms with Gasteiger partial charge in [-0.2, -0.15) is 0 Å². The number of nitrogens with one attached hydrogen (secondary N) is 1. The molecule has 1 N–H and O–H groups in total. The van der Waals surface area contributed by atoms with Crippen LogP contribution in [0.5, 0.6) is 0 Å². The highest BCUT2D eigenvalue weighted by molar-refractivity contribution is 9.10. The van der Waals surface area contributed by atoms with Crippen LogP contribution in [-0.2, 0) is 11.2 Å². The first-order chi connectivity index (χ1) is 10.0. The minimum absolute atomic E-state index is 0.00807. The number of hydrogen-bond donors (Lipinski definition) is 1. The van der Waals surface area contributed by atoms with Gasteiger partial charge in [-0.25, -0.2) is 4.39 Å². The monoisotopic (exact) mass is 349 g/mol. The highest BCUT2D eigenvalue weighted by Gasteiger charge is 2.08. The van der Waals surface area contributed by atoms with Crippen molar-refractivity contribution in [1.82, 2.24) is 5.32 Å². The summed E-state index contributed by atoms with van der Waals surface area (Å²) >= 11 is 3.37. The van der Waals surface area contributed by atoms with E-state index in [4.69, 9.17) is 0 Å². The lowest BCUT2D eigenvalue weighted by atomic mass is 10.0. The van der Waals surface area contributed by atoms with Gasteiger partial charge < -0.3 is 5.32 Å². The van der Waals surface area contributed by atoms with Gasteiger partial charge in [-0.1, -0.05) is 47.1 Å². The zero-order valence-electron chi connectivity index (χ0n) is 11.8. The Morgan fingerprint density at radius 2 is 1.76 bits per heavy atom. The molecule has 0 aliphatic rings. The molecule has 0 heterocycles. The lowest BCUT2D eigenvalue weighted by Gasteiger charge is -2.13. The first-order valence-electron chi connectivity index (χ1n) is 6.81. The lowest BCUT2D eigenvalue weighted by molar-refractivity contribution is -0.120. The lowest BCUT2D eigenvalue weighted by Crippen LogP contribution is -2.28. The molecular formula is C17H17BrFNO. The Morgan fingerprint density at radius 3 is 2.38 bits per heavy atom. The largest absolute Gasteiger partial charge is 0.355 e. The van der Waals surface area contributed by atoms with Gasteiger partial charge in [0.05, 0.1) is 6.42 Å². The average Bonchev–Trinajstić information content (AvgIpc) is 2.48. The maximum Gasteiger partial charge on any atom is 0.224 e. The molecule has 1 unspecified atom stereocenters. The average molecular weight is 350 g/mol. The van der Waals surface area contributed by atoms with E-state index in [9.17, 15) is 9.18 Å². The molecule has 0 bridgehead atoms. The van der Waals surface area contributed by atoms with E-state index in [1.165, 1.54) is 12.1 Å². The quantitative estimate of drug-likeness (QED) is 0.866. The SMILES string of the molecule is CC(CNC(=O)Cc1ccc(Br)cc1)c1ccc(F)cc1. The molecular weight excluding hydrogens is 333 g/mol. The molecule has 4 heteroatoms. The maximum atomic E-state index is 12.9. The number of hydrogen-bond acceptors (Lipinski definition) is 1. The van der Waals surface area contributed by atoms with Gasteiger partial charge in [0.2, 0.25) is 5.91 Å². The van der Waals surface area contributed by atoms with Gasteiger partial charge >= 0.3 is 0 Å². The third-order valence-electron chi connectivity index (χ3n) is 3.32. The van der Waals surface area contributed by atoms with Crippen molar-refractivity contribution in [3.63, 3.8) is 0 Å². The first kappa shape index (κ1) is 15.7. The molecule has 0 aliphatic heterocycles. The molecule has 0 aromatic heterocycles. The Labute approximate surface area is 132 Å². The first-order valence-corrected chi connectivity index (χ1v) is 7.60. The van der Waals surface area contributed by atoms with Crippen LogP contribution in [-0.4, -0.2) is 12.5 Å². The Hall–Kier alpha value is -1.68. The standard InChI is InChI=1S/C17H17BrFNO/c1-12(14-4-8-16(19)9-5-14)11-20-17(21)10-13-2-6-15(18)7-3-13/h2-9,12H,10-11H2,1H3,(H,20,21). The van der Waals surface area contributed by atoms with Crippen molar-refractivity contribution < 1.29 is 9.18 Å². The van der Waals surface area contributed by atoms with Gasteiger partial charge in [0, 0.05) is 11.0 Å². The summed E-state index contributed by atoms with van der Waals surface area (Å²) in [4.78, 5) is 11.9. The van der Waals surface area contributed by atoms with Crippen molar-refractivity contribution in [2.45, 2.75) is 19.3 Å². The molecule has 2 rings (SSSR count). The molecule has 0 aliphatic carbocycles. The summed E-state index contributed by atoms with van der Waals surface area (Å²) in [6.07, 6.45) is 0.365. The molecule has 0 saturated heterocycles. The van der Waals surface area contributed by atoms with E-state index in [1.807, 2.05) is 31.2 Å². The predicted molar refractivity (Wildman–Crippen MR) is 85.7 cm³/mol. The molecule has 0 saturated carbocycles. The van der Waals surface area contributed by atoms with E-state index in [1.54, 1.807) is 12.1 Å². The Bertz CT molecular complexity index is 595. The van der Waals surface area contributed by atoms with Crippen LogP contribution in [0.15, 0.2) is 53.0 Å². The van der Waals surface area contributed by atoms with Gasteiger partial charge in [-0.05, 0) is 41.3 Å². The fraction of sp³-hybridized carbons (Fsp3) is 0.235. The van der Waals surface area contributed by atoms with E-state index >= 15 is 0 Å².